The highest BCUT2D eigenvalue weighted by molar-refractivity contribution is 9.11. The fourth-order valence-corrected chi connectivity index (χ4v) is 4.12. The summed E-state index contributed by atoms with van der Waals surface area (Å²) < 4.78 is 4.38. The van der Waals surface area contributed by atoms with Crippen molar-refractivity contribution in [1.82, 2.24) is 9.99 Å². The maximum absolute atomic E-state index is 4.45. The zero-order valence-corrected chi connectivity index (χ0v) is 14.0. The van der Waals surface area contributed by atoms with Gasteiger partial charge in [-0.2, -0.15) is 0 Å². The molecule has 6 heteroatoms. The number of hydrogen-bond donors (Lipinski definition) is 1. The van der Waals surface area contributed by atoms with Crippen LogP contribution in [0.3, 0.4) is 0 Å². The fraction of sp³-hybridized carbons (Fsp3) is 0.0714. The lowest BCUT2D eigenvalue weighted by Crippen LogP contribution is -2.15. The quantitative estimate of drug-likeness (QED) is 0.694. The maximum Gasteiger partial charge on any atom is 0.208 e. The molecule has 0 saturated carbocycles. The molecule has 2 aromatic heterocycles. The number of aromatic nitrogens is 1. The number of rotatable bonds is 3. The van der Waals surface area contributed by atoms with Gasteiger partial charge in [0.05, 0.1) is 24.6 Å². The van der Waals surface area contributed by atoms with Crippen molar-refractivity contribution >= 4 is 54.5 Å². The Morgan fingerprint density at radius 1 is 1.25 bits per heavy atom. The van der Waals surface area contributed by atoms with Crippen LogP contribution in [-0.2, 0) is 7.05 Å². The Kier molecular flexibility index (Phi) is 3.78. The van der Waals surface area contributed by atoms with Crippen molar-refractivity contribution in [2.45, 2.75) is 0 Å². The number of halogens is 1. The fourth-order valence-electron chi connectivity index (χ4n) is 1.84. The van der Waals surface area contributed by atoms with Gasteiger partial charge in [-0.15, -0.1) is 16.4 Å². The van der Waals surface area contributed by atoms with Gasteiger partial charge in [0, 0.05) is 7.05 Å². The first-order chi connectivity index (χ1) is 9.65. The summed E-state index contributed by atoms with van der Waals surface area (Å²) in [7, 11) is 2.02. The molecule has 20 heavy (non-hydrogen) atoms. The van der Waals surface area contributed by atoms with Crippen LogP contribution >= 0.6 is 38.6 Å². The lowest BCUT2D eigenvalue weighted by Gasteiger charge is -2.00. The van der Waals surface area contributed by atoms with Crippen molar-refractivity contribution in [3.8, 4) is 0 Å². The zero-order valence-electron chi connectivity index (χ0n) is 10.8. The zero-order chi connectivity index (χ0) is 14.1. The van der Waals surface area contributed by atoms with Gasteiger partial charge in [-0.1, -0.05) is 30.0 Å². The molecule has 0 atom stereocenters. The Morgan fingerprint density at radius 2 is 2.05 bits per heavy atom. The molecule has 3 nitrogen and oxygen atoms in total. The van der Waals surface area contributed by atoms with E-state index in [9.17, 15) is 0 Å². The first kappa shape index (κ1) is 13.6. The van der Waals surface area contributed by atoms with Crippen molar-refractivity contribution in [2.75, 3.05) is 0 Å². The largest absolute Gasteiger partial charge is 0.318 e. The average molecular weight is 366 g/mol. The van der Waals surface area contributed by atoms with E-state index in [1.54, 1.807) is 22.7 Å². The third-order valence-corrected chi connectivity index (χ3v) is 5.67. The highest BCUT2D eigenvalue weighted by atomic mass is 79.9. The normalized spacial score (nSPS) is 12.0. The van der Waals surface area contributed by atoms with Crippen molar-refractivity contribution in [2.24, 2.45) is 12.1 Å². The minimum Gasteiger partial charge on any atom is -0.318 e. The first-order valence-electron chi connectivity index (χ1n) is 5.94. The van der Waals surface area contributed by atoms with Gasteiger partial charge in [0.25, 0.3) is 0 Å². The van der Waals surface area contributed by atoms with Crippen LogP contribution in [0.4, 0.5) is 0 Å². The Labute approximate surface area is 133 Å². The number of nitrogens with zero attached hydrogens (tertiary/aromatic N) is 2. The van der Waals surface area contributed by atoms with Gasteiger partial charge in [-0.05, 0) is 40.2 Å². The lowest BCUT2D eigenvalue weighted by molar-refractivity contribution is 0.840. The summed E-state index contributed by atoms with van der Waals surface area (Å²) in [6.45, 7) is 4.02. The van der Waals surface area contributed by atoms with E-state index in [1.165, 1.54) is 10.2 Å². The molecular formula is C14H12BrN3S2. The van der Waals surface area contributed by atoms with Crippen LogP contribution in [0.25, 0.3) is 15.9 Å². The second kappa shape index (κ2) is 5.55. The molecule has 0 unspecified atom stereocenters. The van der Waals surface area contributed by atoms with Gasteiger partial charge >= 0.3 is 0 Å². The Balaban J connectivity index is 1.91. The van der Waals surface area contributed by atoms with Crippen LogP contribution in [0.2, 0.25) is 0 Å². The predicted molar refractivity (Wildman–Crippen MR) is 90.5 cm³/mol. The molecule has 0 aliphatic carbocycles. The first-order valence-corrected chi connectivity index (χ1v) is 8.36. The third-order valence-electron chi connectivity index (χ3n) is 2.87. The van der Waals surface area contributed by atoms with Crippen LogP contribution in [0.5, 0.6) is 0 Å². The van der Waals surface area contributed by atoms with E-state index in [0.717, 1.165) is 19.2 Å². The number of para-hydroxylation sites is 1. The number of hydrogen-bond acceptors (Lipinski definition) is 4. The van der Waals surface area contributed by atoms with Crippen molar-refractivity contribution in [3.05, 3.63) is 56.4 Å². The van der Waals surface area contributed by atoms with E-state index in [0.29, 0.717) is 0 Å². The Morgan fingerprint density at radius 3 is 2.75 bits per heavy atom. The molecule has 3 rings (SSSR count). The van der Waals surface area contributed by atoms with Crippen molar-refractivity contribution in [3.63, 3.8) is 0 Å². The van der Waals surface area contributed by atoms with Crippen LogP contribution in [-0.4, -0.2) is 4.57 Å². The molecule has 0 aliphatic heterocycles. The van der Waals surface area contributed by atoms with E-state index in [4.69, 9.17) is 0 Å². The van der Waals surface area contributed by atoms with Gasteiger partial charge in [0.15, 0.2) is 0 Å². The minimum atomic E-state index is 0.804. The van der Waals surface area contributed by atoms with Gasteiger partial charge in [-0.3, -0.25) is 5.43 Å². The van der Waals surface area contributed by atoms with Crippen LogP contribution in [0, 0.1) is 0 Å². The topological polar surface area (TPSA) is 29.3 Å². The van der Waals surface area contributed by atoms with Crippen LogP contribution in [0.1, 0.15) is 4.88 Å². The number of benzene rings is 1. The summed E-state index contributed by atoms with van der Waals surface area (Å²) in [6.07, 6.45) is 0. The highest BCUT2D eigenvalue weighted by Crippen LogP contribution is 2.25. The van der Waals surface area contributed by atoms with Crippen molar-refractivity contribution < 1.29 is 0 Å². The maximum atomic E-state index is 4.45. The molecule has 0 fully saturated rings. The molecule has 0 amide bonds. The summed E-state index contributed by atoms with van der Waals surface area (Å²) in [5, 5.41) is 4.45. The third kappa shape index (κ3) is 2.59. The lowest BCUT2D eigenvalue weighted by atomic mass is 10.3. The number of thiazole rings is 1. The molecule has 3 aromatic rings. The predicted octanol–water partition coefficient (Wildman–Crippen LogP) is 4.14. The Bertz CT molecular complexity index is 841. The Hall–Kier alpha value is -1.37. The minimum absolute atomic E-state index is 0.804. The van der Waals surface area contributed by atoms with E-state index in [-0.39, 0.29) is 0 Å². The second-order valence-corrected chi connectivity index (χ2v) is 7.69. The second-order valence-electron chi connectivity index (χ2n) is 4.22. The van der Waals surface area contributed by atoms with Crippen LogP contribution in [0.15, 0.2) is 51.9 Å². The molecule has 0 spiro atoms. The van der Waals surface area contributed by atoms with E-state index >= 15 is 0 Å². The smallest absolute Gasteiger partial charge is 0.208 e. The summed E-state index contributed by atoms with van der Waals surface area (Å²) in [4.78, 5) is 1.99. The molecule has 2 heterocycles. The summed E-state index contributed by atoms with van der Waals surface area (Å²) in [5.41, 5.74) is 5.03. The molecule has 0 bridgehead atoms. The SMILES string of the molecule is C=C(N/N=c1\sc2ccccc2n1C)c1ccc(Br)s1. The number of aryl methyl sites for hydroxylation is 1. The molecule has 1 N–H and O–H groups in total. The molecule has 102 valence electrons. The van der Waals surface area contributed by atoms with E-state index in [2.05, 4.69) is 49.7 Å². The monoisotopic (exact) mass is 365 g/mol. The van der Waals surface area contributed by atoms with Crippen molar-refractivity contribution in [1.29, 1.82) is 0 Å². The summed E-state index contributed by atoms with van der Waals surface area (Å²) in [6, 6.07) is 12.3. The number of nitrogens with one attached hydrogen (secondary N) is 1. The molecular weight excluding hydrogens is 354 g/mol. The average Bonchev–Trinajstić information content (AvgIpc) is 3.01. The molecule has 0 radical (unpaired) electrons. The number of thiophene rings is 1. The van der Waals surface area contributed by atoms with Gasteiger partial charge in [0.1, 0.15) is 0 Å². The summed E-state index contributed by atoms with van der Waals surface area (Å²) in [5.74, 6) is 0. The van der Waals surface area contributed by atoms with Gasteiger partial charge < -0.3 is 4.57 Å². The van der Waals surface area contributed by atoms with Gasteiger partial charge in [0.2, 0.25) is 4.80 Å². The molecule has 0 aliphatic rings. The molecule has 1 aromatic carbocycles. The highest BCUT2D eigenvalue weighted by Gasteiger charge is 2.03. The van der Waals surface area contributed by atoms with Gasteiger partial charge in [-0.25, -0.2) is 0 Å². The molecule has 0 saturated heterocycles. The van der Waals surface area contributed by atoms with E-state index in [1.807, 2.05) is 31.3 Å². The number of fused-ring (bicyclic) bond motifs is 1. The van der Waals surface area contributed by atoms with E-state index < -0.39 is 0 Å². The standard InChI is InChI=1S/C14H12BrN3S2/c1-9(11-7-8-13(15)19-11)16-17-14-18(2)10-5-3-4-6-12(10)20-14/h3-8,16H,1H2,2H3/b17-14-. The summed E-state index contributed by atoms with van der Waals surface area (Å²) >= 11 is 6.73. The van der Waals surface area contributed by atoms with Crippen LogP contribution < -0.4 is 10.2 Å².